The third-order valence-corrected chi connectivity index (χ3v) is 4.02. The van der Waals surface area contributed by atoms with E-state index in [0.717, 1.165) is 12.8 Å². The number of hydrogen-bond donors (Lipinski definition) is 2. The van der Waals surface area contributed by atoms with Crippen LogP contribution in [-0.2, 0) is 0 Å². The molecule has 2 N–H and O–H groups in total. The minimum atomic E-state index is -1.33. The molecule has 0 atom stereocenters. The van der Waals surface area contributed by atoms with Crippen molar-refractivity contribution in [3.63, 3.8) is 0 Å². The van der Waals surface area contributed by atoms with Crippen molar-refractivity contribution in [2.75, 3.05) is 13.2 Å². The van der Waals surface area contributed by atoms with Crippen LogP contribution >= 0.6 is 0 Å². The molecule has 0 spiro atoms. The van der Waals surface area contributed by atoms with Crippen LogP contribution in [0.5, 0.6) is 0 Å². The van der Waals surface area contributed by atoms with Crippen LogP contribution in [-0.4, -0.2) is 24.2 Å². The van der Waals surface area contributed by atoms with E-state index in [2.05, 4.69) is 5.32 Å². The normalized spacial score (nSPS) is 11.5. The maximum atomic E-state index is 13.5. The molecule has 0 aliphatic rings. The van der Waals surface area contributed by atoms with Crippen molar-refractivity contribution in [1.29, 1.82) is 0 Å². The molecule has 21 heavy (non-hydrogen) atoms. The third-order valence-electron chi connectivity index (χ3n) is 4.02. The van der Waals surface area contributed by atoms with Gasteiger partial charge in [-0.2, -0.15) is 0 Å². The van der Waals surface area contributed by atoms with E-state index in [1.54, 1.807) is 0 Å². The number of aliphatic hydroxyl groups is 1. The molecule has 1 aromatic carbocycles. The summed E-state index contributed by atoms with van der Waals surface area (Å²) < 4.78 is 39.4. The zero-order valence-corrected chi connectivity index (χ0v) is 12.2. The van der Waals surface area contributed by atoms with Crippen LogP contribution < -0.4 is 5.32 Å². The lowest BCUT2D eigenvalue weighted by Crippen LogP contribution is -2.38. The van der Waals surface area contributed by atoms with Crippen LogP contribution in [0.2, 0.25) is 0 Å². The molecule has 3 nitrogen and oxygen atoms in total. The highest BCUT2D eigenvalue weighted by molar-refractivity contribution is 5.94. The van der Waals surface area contributed by atoms with Crippen LogP contribution in [0.15, 0.2) is 12.1 Å². The fourth-order valence-corrected chi connectivity index (χ4v) is 2.24. The Bertz CT molecular complexity index is 502. The monoisotopic (exact) mass is 303 g/mol. The van der Waals surface area contributed by atoms with Crippen molar-refractivity contribution in [1.82, 2.24) is 5.32 Å². The fraction of sp³-hybridized carbons (Fsp3) is 0.533. The molecule has 1 amide bonds. The first-order valence-corrected chi connectivity index (χ1v) is 6.92. The molecule has 1 rings (SSSR count). The minimum Gasteiger partial charge on any atom is -0.396 e. The summed E-state index contributed by atoms with van der Waals surface area (Å²) in [6.07, 6.45) is 1.95. The number of carbonyl (C=O) groups is 1. The number of hydrogen-bond acceptors (Lipinski definition) is 2. The fourth-order valence-electron chi connectivity index (χ4n) is 2.24. The van der Waals surface area contributed by atoms with Gasteiger partial charge in [-0.3, -0.25) is 4.79 Å². The van der Waals surface area contributed by atoms with Gasteiger partial charge in [-0.15, -0.1) is 0 Å². The second-order valence-corrected chi connectivity index (χ2v) is 5.11. The first-order chi connectivity index (χ1) is 9.89. The summed E-state index contributed by atoms with van der Waals surface area (Å²) in [6.45, 7) is 4.09. The second-order valence-electron chi connectivity index (χ2n) is 5.11. The van der Waals surface area contributed by atoms with Crippen LogP contribution in [0.3, 0.4) is 0 Å². The molecule has 0 bridgehead atoms. The predicted molar refractivity (Wildman–Crippen MR) is 73.4 cm³/mol. The van der Waals surface area contributed by atoms with Crippen molar-refractivity contribution >= 4 is 5.91 Å². The molecule has 0 saturated heterocycles. The number of benzene rings is 1. The zero-order chi connectivity index (χ0) is 16.0. The Labute approximate surface area is 122 Å². The van der Waals surface area contributed by atoms with Crippen LogP contribution in [0, 0.1) is 22.9 Å². The quantitative estimate of drug-likeness (QED) is 0.761. The summed E-state index contributed by atoms with van der Waals surface area (Å²) in [5, 5.41) is 11.6. The molecule has 118 valence electrons. The van der Waals surface area contributed by atoms with E-state index in [9.17, 15) is 18.0 Å². The Balaban J connectivity index is 2.84. The van der Waals surface area contributed by atoms with E-state index in [4.69, 9.17) is 5.11 Å². The van der Waals surface area contributed by atoms with Gasteiger partial charge in [-0.25, -0.2) is 13.2 Å². The topological polar surface area (TPSA) is 49.3 Å². The highest BCUT2D eigenvalue weighted by atomic mass is 19.2. The molecular weight excluding hydrogens is 283 g/mol. The van der Waals surface area contributed by atoms with Crippen molar-refractivity contribution in [3.8, 4) is 0 Å². The van der Waals surface area contributed by atoms with E-state index in [1.165, 1.54) is 0 Å². The molecule has 1 aromatic rings. The molecular formula is C15H20F3NO2. The molecule has 0 heterocycles. The van der Waals surface area contributed by atoms with Crippen LogP contribution in [0.25, 0.3) is 0 Å². The lowest BCUT2D eigenvalue weighted by atomic mass is 9.79. The van der Waals surface area contributed by atoms with E-state index in [-0.39, 0.29) is 18.6 Å². The van der Waals surface area contributed by atoms with Gasteiger partial charge in [0.1, 0.15) is 5.82 Å². The Morgan fingerprint density at radius 1 is 1.14 bits per heavy atom. The minimum absolute atomic E-state index is 0.0168. The van der Waals surface area contributed by atoms with E-state index in [1.807, 2.05) is 13.8 Å². The zero-order valence-electron chi connectivity index (χ0n) is 12.2. The van der Waals surface area contributed by atoms with Gasteiger partial charge in [-0.1, -0.05) is 13.8 Å². The third kappa shape index (κ3) is 4.20. The molecule has 0 radical (unpaired) electrons. The summed E-state index contributed by atoms with van der Waals surface area (Å²) in [4.78, 5) is 11.9. The number of aliphatic hydroxyl groups excluding tert-OH is 1. The number of halogens is 3. The van der Waals surface area contributed by atoms with Crippen molar-refractivity contribution < 1.29 is 23.1 Å². The molecule has 0 aliphatic heterocycles. The van der Waals surface area contributed by atoms with E-state index in [0.29, 0.717) is 18.6 Å². The standard InChI is InChI=1S/C15H20F3NO2/c1-3-15(4-2,5-6-20)9-19-14(21)10-7-12(17)13(18)8-11(10)16/h7-8,20H,3-6,9H2,1-2H3,(H,19,21). The summed E-state index contributed by atoms with van der Waals surface area (Å²) in [5.74, 6) is -4.50. The van der Waals surface area contributed by atoms with Gasteiger partial charge >= 0.3 is 0 Å². The van der Waals surface area contributed by atoms with Crippen molar-refractivity contribution in [3.05, 3.63) is 35.1 Å². The number of carbonyl (C=O) groups excluding carboxylic acids is 1. The van der Waals surface area contributed by atoms with Crippen LogP contribution in [0.1, 0.15) is 43.5 Å². The Morgan fingerprint density at radius 2 is 1.71 bits per heavy atom. The molecule has 0 unspecified atom stereocenters. The molecule has 0 aliphatic carbocycles. The summed E-state index contributed by atoms with van der Waals surface area (Å²) in [7, 11) is 0. The number of amides is 1. The highest BCUT2D eigenvalue weighted by Gasteiger charge is 2.27. The maximum absolute atomic E-state index is 13.5. The van der Waals surface area contributed by atoms with Crippen LogP contribution in [0.4, 0.5) is 13.2 Å². The Hall–Kier alpha value is -1.56. The maximum Gasteiger partial charge on any atom is 0.254 e. The van der Waals surface area contributed by atoms with E-state index >= 15 is 0 Å². The molecule has 0 fully saturated rings. The Kier molecular flexibility index (Phi) is 6.20. The Morgan fingerprint density at radius 3 is 2.24 bits per heavy atom. The van der Waals surface area contributed by atoms with Crippen molar-refractivity contribution in [2.24, 2.45) is 5.41 Å². The first kappa shape index (κ1) is 17.5. The van der Waals surface area contributed by atoms with Gasteiger partial charge in [0.15, 0.2) is 11.6 Å². The van der Waals surface area contributed by atoms with Gasteiger partial charge in [-0.05, 0) is 30.7 Å². The smallest absolute Gasteiger partial charge is 0.254 e. The van der Waals surface area contributed by atoms with Gasteiger partial charge in [0.05, 0.1) is 5.56 Å². The van der Waals surface area contributed by atoms with Gasteiger partial charge in [0.25, 0.3) is 5.91 Å². The van der Waals surface area contributed by atoms with Crippen molar-refractivity contribution in [2.45, 2.75) is 33.1 Å². The summed E-state index contributed by atoms with van der Waals surface area (Å²) >= 11 is 0. The average Bonchev–Trinajstić information content (AvgIpc) is 2.47. The molecule has 0 aromatic heterocycles. The predicted octanol–water partition coefficient (Wildman–Crippen LogP) is 3.02. The SMILES string of the molecule is CCC(CC)(CCO)CNC(=O)c1cc(F)c(F)cc1F. The van der Waals surface area contributed by atoms with Gasteiger partial charge in [0.2, 0.25) is 0 Å². The number of rotatable bonds is 7. The largest absolute Gasteiger partial charge is 0.396 e. The highest BCUT2D eigenvalue weighted by Crippen LogP contribution is 2.29. The van der Waals surface area contributed by atoms with Gasteiger partial charge in [0, 0.05) is 19.2 Å². The average molecular weight is 303 g/mol. The molecule has 0 saturated carbocycles. The van der Waals surface area contributed by atoms with Gasteiger partial charge < -0.3 is 10.4 Å². The molecule has 6 heteroatoms. The lowest BCUT2D eigenvalue weighted by molar-refractivity contribution is 0.0902. The first-order valence-electron chi connectivity index (χ1n) is 6.92. The second kappa shape index (κ2) is 7.45. The lowest BCUT2D eigenvalue weighted by Gasteiger charge is -2.31. The summed E-state index contributed by atoms with van der Waals surface area (Å²) in [6, 6.07) is 0.899. The summed E-state index contributed by atoms with van der Waals surface area (Å²) in [5.41, 5.74) is -0.821. The van der Waals surface area contributed by atoms with E-state index < -0.39 is 28.9 Å². The number of nitrogens with one attached hydrogen (secondary N) is 1.